The number of aromatic nitrogens is 1. The number of cyclic esters (lactones) is 2. The number of hydrogen-bond donors (Lipinski definition) is 3. The van der Waals surface area contributed by atoms with E-state index in [0.29, 0.717) is 16.3 Å². The molecule has 0 saturated carbocycles. The molecule has 0 bridgehead atoms. The van der Waals surface area contributed by atoms with Crippen LogP contribution in [0.3, 0.4) is 0 Å². The van der Waals surface area contributed by atoms with Gasteiger partial charge in [-0.15, -0.1) is 0 Å². The molecule has 236 valence electrons. The molecular formula is C32H39ClN4O7. The van der Waals surface area contributed by atoms with Crippen LogP contribution in [0.25, 0.3) is 6.08 Å². The Balaban J connectivity index is 1.88. The van der Waals surface area contributed by atoms with E-state index in [1.54, 1.807) is 50.6 Å². The van der Waals surface area contributed by atoms with Gasteiger partial charge in [-0.1, -0.05) is 55.8 Å². The van der Waals surface area contributed by atoms with Gasteiger partial charge >= 0.3 is 11.9 Å². The number of methoxy groups -OCH3 is 1. The van der Waals surface area contributed by atoms with E-state index >= 15 is 0 Å². The topological polar surface area (TPSA) is 145 Å². The van der Waals surface area contributed by atoms with Gasteiger partial charge in [0.1, 0.15) is 17.9 Å². The Kier molecular flexibility index (Phi) is 13.4. The monoisotopic (exact) mass is 626 g/mol. The number of nitrogens with one attached hydrogen (secondary N) is 3. The molecule has 1 aromatic heterocycles. The van der Waals surface area contributed by atoms with Gasteiger partial charge in [0, 0.05) is 44.2 Å². The largest absolute Gasteiger partial charge is 0.495 e. The lowest BCUT2D eigenvalue weighted by Crippen LogP contribution is -2.49. The molecule has 0 fully saturated rings. The fraction of sp³-hybridized carbons (Fsp3) is 0.406. The highest BCUT2D eigenvalue weighted by atomic mass is 35.5. The highest BCUT2D eigenvalue weighted by Gasteiger charge is 2.31. The van der Waals surface area contributed by atoms with Crippen molar-refractivity contribution in [2.45, 2.75) is 44.9 Å². The first-order valence-electron chi connectivity index (χ1n) is 14.3. The summed E-state index contributed by atoms with van der Waals surface area (Å²) in [6.07, 6.45) is 8.41. The van der Waals surface area contributed by atoms with Gasteiger partial charge in [-0.05, 0) is 42.4 Å². The van der Waals surface area contributed by atoms with Crippen LogP contribution >= 0.6 is 11.6 Å². The zero-order valence-electron chi connectivity index (χ0n) is 25.2. The second-order valence-electron chi connectivity index (χ2n) is 10.5. The van der Waals surface area contributed by atoms with Crippen molar-refractivity contribution in [3.63, 3.8) is 0 Å². The summed E-state index contributed by atoms with van der Waals surface area (Å²) >= 11 is 6.27. The second-order valence-corrected chi connectivity index (χ2v) is 10.9. The number of ether oxygens (including phenoxy) is 3. The van der Waals surface area contributed by atoms with Gasteiger partial charge in [-0.25, -0.2) is 4.79 Å². The lowest BCUT2D eigenvalue weighted by Gasteiger charge is -2.25. The van der Waals surface area contributed by atoms with Gasteiger partial charge < -0.3 is 30.2 Å². The first-order chi connectivity index (χ1) is 21.1. The maximum Gasteiger partial charge on any atom is 0.349 e. The molecule has 11 nitrogen and oxygen atoms in total. The van der Waals surface area contributed by atoms with Crippen molar-refractivity contribution < 1.29 is 33.4 Å². The van der Waals surface area contributed by atoms with E-state index in [4.69, 9.17) is 25.8 Å². The Morgan fingerprint density at radius 3 is 2.66 bits per heavy atom. The lowest BCUT2D eigenvalue weighted by molar-refractivity contribution is -0.174. The maximum atomic E-state index is 13.2. The zero-order valence-corrected chi connectivity index (χ0v) is 26.0. The molecule has 0 spiro atoms. The van der Waals surface area contributed by atoms with E-state index in [0.717, 1.165) is 5.56 Å². The van der Waals surface area contributed by atoms with Crippen molar-refractivity contribution >= 4 is 41.4 Å². The second kappa shape index (κ2) is 17.2. The Hall–Kier alpha value is -4.22. The molecule has 1 aromatic carbocycles. The summed E-state index contributed by atoms with van der Waals surface area (Å²) in [4.78, 5) is 56.4. The van der Waals surface area contributed by atoms with Gasteiger partial charge in [-0.3, -0.25) is 19.4 Å². The molecule has 2 amide bonds. The molecule has 1 aliphatic heterocycles. The van der Waals surface area contributed by atoms with Gasteiger partial charge in [0.15, 0.2) is 0 Å². The number of carbonyl (C=O) groups excluding carboxylic acids is 4. The minimum atomic E-state index is -1.21. The molecule has 1 aliphatic rings. The first kappa shape index (κ1) is 34.3. The molecule has 0 saturated heterocycles. The van der Waals surface area contributed by atoms with Crippen molar-refractivity contribution in [1.82, 2.24) is 20.9 Å². The SMILES string of the molecule is CNC[C@@H]1OC(=O)[C@H](C)CNC(=O)[C@@H](Cc2ccc(OC)c(Cl)c2)NC(=O)/C=C/C[C@@H]([C@H](C)/C=C/c2cccnc2)OC1=O. The Labute approximate surface area is 262 Å². The minimum Gasteiger partial charge on any atom is -0.495 e. The van der Waals surface area contributed by atoms with Crippen LogP contribution in [0, 0.1) is 11.8 Å². The molecular weight excluding hydrogens is 588 g/mol. The average Bonchev–Trinajstić information content (AvgIpc) is 3.01. The summed E-state index contributed by atoms with van der Waals surface area (Å²) in [7, 11) is 3.12. The number of benzene rings is 1. The number of amides is 2. The molecule has 5 atom stereocenters. The smallest absolute Gasteiger partial charge is 0.349 e. The van der Waals surface area contributed by atoms with Crippen LogP contribution in [-0.4, -0.2) is 74.2 Å². The molecule has 12 heteroatoms. The van der Waals surface area contributed by atoms with Crippen LogP contribution in [0.5, 0.6) is 5.75 Å². The number of nitrogens with zero attached hydrogens (tertiary/aromatic N) is 1. The van der Waals surface area contributed by atoms with Crippen LogP contribution in [0.1, 0.15) is 31.4 Å². The highest BCUT2D eigenvalue weighted by molar-refractivity contribution is 6.32. The van der Waals surface area contributed by atoms with Crippen LogP contribution in [0.4, 0.5) is 0 Å². The van der Waals surface area contributed by atoms with Crippen LogP contribution in [0.2, 0.25) is 5.02 Å². The molecule has 0 radical (unpaired) electrons. The molecule has 0 aliphatic carbocycles. The van der Waals surface area contributed by atoms with Gasteiger partial charge in [0.2, 0.25) is 17.9 Å². The van der Waals surface area contributed by atoms with Crippen molar-refractivity contribution in [3.8, 4) is 5.75 Å². The summed E-state index contributed by atoms with van der Waals surface area (Å²) in [6, 6.07) is 7.82. The van der Waals surface area contributed by atoms with Crippen molar-refractivity contribution in [3.05, 3.63) is 77.1 Å². The number of carbonyl (C=O) groups is 4. The number of hydrogen-bond acceptors (Lipinski definition) is 9. The predicted molar refractivity (Wildman–Crippen MR) is 166 cm³/mol. The predicted octanol–water partition coefficient (Wildman–Crippen LogP) is 2.88. The van der Waals surface area contributed by atoms with E-state index in [1.807, 2.05) is 31.2 Å². The summed E-state index contributed by atoms with van der Waals surface area (Å²) in [5.41, 5.74) is 1.56. The molecule has 2 heterocycles. The zero-order chi connectivity index (χ0) is 32.1. The van der Waals surface area contributed by atoms with E-state index in [-0.39, 0.29) is 31.8 Å². The van der Waals surface area contributed by atoms with Gasteiger partial charge in [0.25, 0.3) is 0 Å². The Morgan fingerprint density at radius 1 is 1.18 bits per heavy atom. The summed E-state index contributed by atoms with van der Waals surface area (Å²) in [6.45, 7) is 3.39. The molecule has 0 unspecified atom stereocenters. The molecule has 2 aromatic rings. The van der Waals surface area contributed by atoms with Crippen LogP contribution in [0.15, 0.2) is 61.0 Å². The summed E-state index contributed by atoms with van der Waals surface area (Å²) in [5.74, 6) is -3.01. The number of esters is 2. The number of rotatable bonds is 8. The first-order valence-corrected chi connectivity index (χ1v) is 14.7. The third-order valence-corrected chi connectivity index (χ3v) is 7.25. The third kappa shape index (κ3) is 10.5. The fourth-order valence-corrected chi connectivity index (χ4v) is 4.62. The molecule has 3 N–H and O–H groups in total. The number of pyridine rings is 1. The van der Waals surface area contributed by atoms with Gasteiger partial charge in [0.05, 0.1) is 18.1 Å². The van der Waals surface area contributed by atoms with E-state index in [1.165, 1.54) is 13.2 Å². The third-order valence-electron chi connectivity index (χ3n) is 6.95. The summed E-state index contributed by atoms with van der Waals surface area (Å²) in [5, 5.41) is 8.64. The Bertz CT molecular complexity index is 1350. The highest BCUT2D eigenvalue weighted by Crippen LogP contribution is 2.25. The van der Waals surface area contributed by atoms with Crippen molar-refractivity contribution in [2.75, 3.05) is 27.2 Å². The van der Waals surface area contributed by atoms with Crippen LogP contribution in [-0.2, 0) is 35.1 Å². The minimum absolute atomic E-state index is 0.0288. The fourth-order valence-electron chi connectivity index (χ4n) is 4.34. The number of halogens is 1. The van der Waals surface area contributed by atoms with E-state index < -0.39 is 47.9 Å². The quantitative estimate of drug-likeness (QED) is 0.377. The average molecular weight is 627 g/mol. The van der Waals surface area contributed by atoms with E-state index in [2.05, 4.69) is 20.9 Å². The van der Waals surface area contributed by atoms with E-state index in [9.17, 15) is 19.2 Å². The summed E-state index contributed by atoms with van der Waals surface area (Å²) < 4.78 is 16.6. The number of likely N-dealkylation sites (N-methyl/N-ethyl adjacent to an activating group) is 1. The molecule has 44 heavy (non-hydrogen) atoms. The van der Waals surface area contributed by atoms with Crippen molar-refractivity contribution in [2.24, 2.45) is 11.8 Å². The molecule has 3 rings (SSSR count). The lowest BCUT2D eigenvalue weighted by atomic mass is 9.99. The Morgan fingerprint density at radius 2 is 1.98 bits per heavy atom. The van der Waals surface area contributed by atoms with Gasteiger partial charge in [-0.2, -0.15) is 0 Å². The van der Waals surface area contributed by atoms with Crippen molar-refractivity contribution in [1.29, 1.82) is 0 Å². The van der Waals surface area contributed by atoms with Crippen LogP contribution < -0.4 is 20.7 Å². The standard InChI is InChI=1S/C32H39ClN4O7/c1-20(10-11-22-7-6-14-35-18-22)26-8-5-9-29(38)37-25(16-23-12-13-27(42-4)24(33)15-23)30(39)36-17-21(2)31(40)44-28(19-34-3)32(41)43-26/h5-7,9-15,18,20-21,25-26,28,34H,8,16-17,19H2,1-4H3,(H,36,39)(H,37,38)/b9-5+,11-10+/t20-,21-,25-,26+,28+/m1/s1. The maximum absolute atomic E-state index is 13.2. The normalized spacial score (nSPS) is 23.7.